The van der Waals surface area contributed by atoms with Crippen molar-refractivity contribution < 1.29 is 4.79 Å². The Morgan fingerprint density at radius 2 is 2.00 bits per heavy atom. The number of anilines is 2. The van der Waals surface area contributed by atoms with Crippen LogP contribution in [0.3, 0.4) is 0 Å². The van der Waals surface area contributed by atoms with Gasteiger partial charge in [-0.25, -0.2) is 0 Å². The van der Waals surface area contributed by atoms with Crippen LogP contribution < -0.4 is 9.80 Å². The third-order valence-electron chi connectivity index (χ3n) is 4.28. The third-order valence-corrected chi connectivity index (χ3v) is 4.28. The molecule has 1 amide bonds. The van der Waals surface area contributed by atoms with Gasteiger partial charge in [0, 0.05) is 39.3 Å². The number of hydrogen-bond acceptors (Lipinski definition) is 3. The van der Waals surface area contributed by atoms with Gasteiger partial charge in [0.1, 0.15) is 0 Å². The average molecular weight is 312 g/mol. The van der Waals surface area contributed by atoms with E-state index in [4.69, 9.17) is 0 Å². The Morgan fingerprint density at radius 3 is 2.70 bits per heavy atom. The monoisotopic (exact) mass is 312 g/mol. The number of amides is 1. The van der Waals surface area contributed by atoms with Gasteiger partial charge in [0.05, 0.1) is 17.6 Å². The standard InChI is InChI=1S/C18H24N4O/c1-14-10-19-21(12-14)9-8-18(23)22-13-15(2)11-20(3)16-6-4-5-7-17(16)22/h4-7,10,12,15H,8-9,11,13H2,1-3H3/t15-/m0/s1. The highest BCUT2D eigenvalue weighted by atomic mass is 16.2. The fraction of sp³-hybridized carbons (Fsp3) is 0.444. The molecule has 0 radical (unpaired) electrons. The first kappa shape index (κ1) is 15.6. The van der Waals surface area contributed by atoms with Gasteiger partial charge in [-0.2, -0.15) is 5.10 Å². The molecule has 1 aliphatic heterocycles. The molecule has 2 aromatic rings. The van der Waals surface area contributed by atoms with Crippen LogP contribution in [-0.2, 0) is 11.3 Å². The van der Waals surface area contributed by atoms with Crippen molar-refractivity contribution in [3.63, 3.8) is 0 Å². The van der Waals surface area contributed by atoms with E-state index in [1.54, 1.807) is 0 Å². The molecule has 0 bridgehead atoms. The summed E-state index contributed by atoms with van der Waals surface area (Å²) in [6, 6.07) is 8.16. The van der Waals surface area contributed by atoms with Crippen molar-refractivity contribution in [1.29, 1.82) is 0 Å². The van der Waals surface area contributed by atoms with Crippen LogP contribution in [0.15, 0.2) is 36.7 Å². The molecule has 1 atom stereocenters. The number of aryl methyl sites for hydroxylation is 2. The lowest BCUT2D eigenvalue weighted by atomic mass is 10.1. The Balaban J connectivity index is 1.79. The highest BCUT2D eigenvalue weighted by Crippen LogP contribution is 2.32. The molecule has 5 nitrogen and oxygen atoms in total. The summed E-state index contributed by atoms with van der Waals surface area (Å²) in [4.78, 5) is 17.0. The van der Waals surface area contributed by atoms with Crippen molar-refractivity contribution in [2.45, 2.75) is 26.8 Å². The van der Waals surface area contributed by atoms with E-state index in [1.165, 1.54) is 0 Å². The second-order valence-electron chi connectivity index (χ2n) is 6.51. The molecule has 1 aliphatic rings. The van der Waals surface area contributed by atoms with Crippen LogP contribution in [0.4, 0.5) is 11.4 Å². The Bertz CT molecular complexity index is 694. The fourth-order valence-corrected chi connectivity index (χ4v) is 3.22. The molecule has 0 saturated carbocycles. The number of para-hydroxylation sites is 2. The zero-order chi connectivity index (χ0) is 16.4. The Labute approximate surface area is 137 Å². The van der Waals surface area contributed by atoms with Gasteiger partial charge in [0.25, 0.3) is 0 Å². The minimum atomic E-state index is 0.160. The minimum Gasteiger partial charge on any atom is -0.373 e. The van der Waals surface area contributed by atoms with Crippen LogP contribution in [0.5, 0.6) is 0 Å². The lowest BCUT2D eigenvalue weighted by Gasteiger charge is -2.24. The number of carbonyl (C=O) groups is 1. The highest BCUT2D eigenvalue weighted by Gasteiger charge is 2.26. The molecule has 0 unspecified atom stereocenters. The van der Waals surface area contributed by atoms with Gasteiger partial charge in [-0.1, -0.05) is 19.1 Å². The van der Waals surface area contributed by atoms with Gasteiger partial charge in [0.15, 0.2) is 0 Å². The van der Waals surface area contributed by atoms with E-state index in [0.717, 1.165) is 30.0 Å². The Kier molecular flexibility index (Phi) is 4.37. The van der Waals surface area contributed by atoms with Crippen molar-refractivity contribution in [2.24, 2.45) is 5.92 Å². The van der Waals surface area contributed by atoms with E-state index in [2.05, 4.69) is 30.0 Å². The molecule has 0 N–H and O–H groups in total. The first-order valence-corrected chi connectivity index (χ1v) is 8.14. The molecule has 1 aromatic carbocycles. The Morgan fingerprint density at radius 1 is 1.26 bits per heavy atom. The van der Waals surface area contributed by atoms with Gasteiger partial charge in [0.2, 0.25) is 5.91 Å². The summed E-state index contributed by atoms with van der Waals surface area (Å²) in [6.07, 6.45) is 4.26. The molecule has 0 fully saturated rings. The van der Waals surface area contributed by atoms with Crippen molar-refractivity contribution in [3.05, 3.63) is 42.2 Å². The van der Waals surface area contributed by atoms with Crippen LogP contribution in [0.2, 0.25) is 0 Å². The molecule has 122 valence electrons. The summed E-state index contributed by atoms with van der Waals surface area (Å²) in [6.45, 7) is 6.54. The number of hydrogen-bond donors (Lipinski definition) is 0. The largest absolute Gasteiger partial charge is 0.373 e. The van der Waals surface area contributed by atoms with E-state index < -0.39 is 0 Å². The molecule has 3 rings (SSSR count). The predicted octanol–water partition coefficient (Wildman–Crippen LogP) is 2.70. The zero-order valence-corrected chi connectivity index (χ0v) is 14.1. The molecular formula is C18H24N4O. The summed E-state index contributed by atoms with van der Waals surface area (Å²) < 4.78 is 1.84. The molecule has 2 heterocycles. The smallest absolute Gasteiger partial charge is 0.228 e. The number of rotatable bonds is 3. The summed E-state index contributed by atoms with van der Waals surface area (Å²) in [5, 5.41) is 4.26. The SMILES string of the molecule is Cc1cnn(CCC(=O)N2C[C@@H](C)CN(C)c3ccccc32)c1. The van der Waals surface area contributed by atoms with Crippen molar-refractivity contribution >= 4 is 17.3 Å². The topological polar surface area (TPSA) is 41.4 Å². The lowest BCUT2D eigenvalue weighted by Crippen LogP contribution is -2.35. The maximum Gasteiger partial charge on any atom is 0.228 e. The second kappa shape index (κ2) is 6.44. The number of fused-ring (bicyclic) bond motifs is 1. The number of benzene rings is 1. The minimum absolute atomic E-state index is 0.160. The Hall–Kier alpha value is -2.30. The van der Waals surface area contributed by atoms with Gasteiger partial charge in [-0.05, 0) is 30.5 Å². The highest BCUT2D eigenvalue weighted by molar-refractivity contribution is 5.97. The normalized spacial score (nSPS) is 17.8. The summed E-state index contributed by atoms with van der Waals surface area (Å²) >= 11 is 0. The van der Waals surface area contributed by atoms with Crippen LogP contribution in [0.25, 0.3) is 0 Å². The molecule has 5 heteroatoms. The van der Waals surface area contributed by atoms with E-state index >= 15 is 0 Å². The zero-order valence-electron chi connectivity index (χ0n) is 14.1. The van der Waals surface area contributed by atoms with E-state index in [9.17, 15) is 4.79 Å². The lowest BCUT2D eigenvalue weighted by molar-refractivity contribution is -0.119. The van der Waals surface area contributed by atoms with Crippen molar-refractivity contribution in [2.75, 3.05) is 29.9 Å². The van der Waals surface area contributed by atoms with Crippen molar-refractivity contribution in [3.8, 4) is 0 Å². The maximum atomic E-state index is 12.8. The van der Waals surface area contributed by atoms with E-state index in [0.29, 0.717) is 18.9 Å². The first-order chi connectivity index (χ1) is 11.0. The molecule has 0 saturated heterocycles. The van der Waals surface area contributed by atoms with Gasteiger partial charge in [-0.3, -0.25) is 9.48 Å². The van der Waals surface area contributed by atoms with Crippen LogP contribution in [0.1, 0.15) is 18.9 Å². The number of carbonyl (C=O) groups excluding carboxylic acids is 1. The second-order valence-corrected chi connectivity index (χ2v) is 6.51. The number of nitrogens with zero attached hydrogens (tertiary/aromatic N) is 4. The summed E-state index contributed by atoms with van der Waals surface area (Å²) in [7, 11) is 2.09. The van der Waals surface area contributed by atoms with Crippen LogP contribution >= 0.6 is 0 Å². The molecule has 23 heavy (non-hydrogen) atoms. The predicted molar refractivity (Wildman–Crippen MR) is 92.8 cm³/mol. The fourth-order valence-electron chi connectivity index (χ4n) is 3.22. The van der Waals surface area contributed by atoms with Crippen LogP contribution in [0, 0.1) is 12.8 Å². The molecule has 1 aromatic heterocycles. The van der Waals surface area contributed by atoms with Gasteiger partial charge >= 0.3 is 0 Å². The third kappa shape index (κ3) is 3.38. The maximum absolute atomic E-state index is 12.8. The first-order valence-electron chi connectivity index (χ1n) is 8.14. The van der Waals surface area contributed by atoms with Gasteiger partial charge in [-0.15, -0.1) is 0 Å². The average Bonchev–Trinajstić information content (AvgIpc) is 2.90. The summed E-state index contributed by atoms with van der Waals surface area (Å²) in [5.41, 5.74) is 3.26. The van der Waals surface area contributed by atoms with Crippen LogP contribution in [-0.4, -0.2) is 35.8 Å². The van der Waals surface area contributed by atoms with E-state index in [-0.39, 0.29) is 5.91 Å². The number of aromatic nitrogens is 2. The molecular weight excluding hydrogens is 288 g/mol. The molecule has 0 aliphatic carbocycles. The molecule has 0 spiro atoms. The van der Waals surface area contributed by atoms with Gasteiger partial charge < -0.3 is 9.80 Å². The van der Waals surface area contributed by atoms with Crippen molar-refractivity contribution in [1.82, 2.24) is 9.78 Å². The van der Waals surface area contributed by atoms with E-state index in [1.807, 2.05) is 47.1 Å². The quantitative estimate of drug-likeness (QED) is 0.875. The summed E-state index contributed by atoms with van der Waals surface area (Å²) in [5.74, 6) is 0.594.